The number of alkyl carbamates (subject to hydrolysis) is 4. The van der Waals surface area contributed by atoms with E-state index >= 15 is 24.0 Å². The lowest BCUT2D eigenvalue weighted by Gasteiger charge is -2.33. The van der Waals surface area contributed by atoms with Gasteiger partial charge in [0.1, 0.15) is 82.4 Å². The molecule has 0 radical (unpaired) electrons. The molecular formula is C75H116N14O23. The average Bonchev–Trinajstić information content (AvgIpc) is 1.39. The summed E-state index contributed by atoms with van der Waals surface area (Å²) in [5.41, 5.74) is -3.53. The predicted molar refractivity (Wildman–Crippen MR) is 405 cm³/mol. The zero-order chi connectivity index (χ0) is 84.6. The van der Waals surface area contributed by atoms with Gasteiger partial charge in [-0.05, 0) is 198 Å². The Labute approximate surface area is 652 Å². The van der Waals surface area contributed by atoms with Crippen LogP contribution in [0.15, 0.2) is 48.5 Å². The third-order valence-corrected chi connectivity index (χ3v) is 16.5. The van der Waals surface area contributed by atoms with Gasteiger partial charge in [0, 0.05) is 45.2 Å². The Morgan fingerprint density at radius 2 is 0.973 bits per heavy atom. The van der Waals surface area contributed by atoms with E-state index in [1.807, 2.05) is 0 Å². The fourth-order valence-corrected chi connectivity index (χ4v) is 11.1. The van der Waals surface area contributed by atoms with Crippen LogP contribution in [0.2, 0.25) is 0 Å². The SMILES string of the molecule is CC1C[C@@H]2NC(=O)[C@@H](Cc3ccc(-c4ccc(C(=O)O)cc4)cc3)NC(=O)[C@H](CCCNC(=O)OC(C)(C)C)NC(=O)[C@@H](NC(=O)[C@H](CCNC(=O)OC(C)(C)C)NC(=O)[C@@H](NC(=O)OC(C)(C)C)[C@H](C)O)CCNC(=O)[C@H]([C@@H](C)O)NC(=O)[C@H](CCNC(=O)OC(C)(C)C)NC(=O)[C@H](CCN1C(=O)OC(C)(C)C)NC2=O. The average molecular weight is 1580 g/mol. The van der Waals surface area contributed by atoms with Crippen molar-refractivity contribution in [2.24, 2.45) is 0 Å². The number of nitrogens with zero attached hydrogens (tertiary/aromatic N) is 1. The molecule has 1 unspecified atom stereocenters. The summed E-state index contributed by atoms with van der Waals surface area (Å²) in [6, 6.07) is -4.45. The molecule has 0 saturated carbocycles. The summed E-state index contributed by atoms with van der Waals surface area (Å²) in [6.07, 6.45) is -11.4. The molecule has 12 atom stereocenters. The molecule has 37 nitrogen and oxygen atoms in total. The van der Waals surface area contributed by atoms with Gasteiger partial charge < -0.3 is 113 Å². The van der Waals surface area contributed by atoms with Gasteiger partial charge in [-0.15, -0.1) is 0 Å². The zero-order valence-electron chi connectivity index (χ0n) is 67.2. The summed E-state index contributed by atoms with van der Waals surface area (Å²) < 4.78 is 27.2. The maximum Gasteiger partial charge on any atom is 0.410 e. The minimum Gasteiger partial charge on any atom is -0.478 e. The highest BCUT2D eigenvalue weighted by molar-refractivity contribution is 5.99. The minimum atomic E-state index is -1.90. The summed E-state index contributed by atoms with van der Waals surface area (Å²) >= 11 is 0. The molecule has 2 saturated heterocycles. The maximum atomic E-state index is 15.4. The van der Waals surface area contributed by atoms with Crippen LogP contribution in [0.1, 0.15) is 185 Å². The normalized spacial score (nSPS) is 21.4. The third kappa shape index (κ3) is 33.9. The molecule has 2 aliphatic heterocycles. The standard InChI is InChI=1S/C75H116N14O23/c1-40-38-52-61(97)83-51(32-37-89(40)70(107)112-75(16,17)18)59(95)82-50(31-36-79-68(105)110-73(10,11)12)60(96)87-54(41(2)90)63(99)76-34-29-48(81-58(94)49(30-35-78-67(104)109-72(7,8)9)84-64(100)55(42(3)91)88-69(106)111-74(13,14)15)57(93)80-47(20-19-33-77-66(103)108-71(4,5)6)56(92)86-53(62(98)85-52)39-43-21-23-44(24-22-43)45-25-27-46(28-26-45)65(101)102/h21-28,40-42,47-55,90-91H,19-20,29-39H2,1-18H3,(H,76,99)(H,77,103)(H,78,104)(H,79,105)(H,80,93)(H,81,94)(H,82,95)(H,83,97)(H,84,100)(H,85,98)(H,86,92)(H,87,96)(H,88,106)(H,101,102)/t40?,41-,42+,47+,48+,49+,50+,51+,52+,53-,54+,55+/m1/s1. The Morgan fingerprint density at radius 1 is 0.509 bits per heavy atom. The second-order valence-electron chi connectivity index (χ2n) is 32.4. The Balaban J connectivity index is 2.03. The van der Waals surface area contributed by atoms with E-state index in [2.05, 4.69) is 69.1 Å². The number of carboxylic acids is 1. The number of carbonyl (C=O) groups is 15. The Hall–Kier alpha value is -10.6. The van der Waals surface area contributed by atoms with Crippen molar-refractivity contribution >= 4 is 89.6 Å². The lowest BCUT2D eigenvalue weighted by molar-refractivity contribution is -0.136. The summed E-state index contributed by atoms with van der Waals surface area (Å²) in [6.45, 7) is 25.7. The molecule has 4 rings (SSSR count). The van der Waals surface area contributed by atoms with Crippen LogP contribution >= 0.6 is 0 Å². The number of fused-ring (bicyclic) bond motifs is 3. The minimum absolute atomic E-state index is 0.0220. The zero-order valence-corrected chi connectivity index (χ0v) is 67.2. The van der Waals surface area contributed by atoms with Crippen LogP contribution in [0.3, 0.4) is 0 Å². The van der Waals surface area contributed by atoms with E-state index in [9.17, 15) is 63.3 Å². The molecule has 2 fully saturated rings. The molecule has 0 spiro atoms. The van der Waals surface area contributed by atoms with Crippen molar-refractivity contribution in [3.8, 4) is 11.1 Å². The topological polar surface area (TPSA) is 523 Å². The number of aliphatic hydroxyl groups is 2. The first kappa shape index (κ1) is 93.8. The Morgan fingerprint density at radius 3 is 1.50 bits per heavy atom. The van der Waals surface area contributed by atoms with E-state index in [0.29, 0.717) is 16.7 Å². The molecule has 0 aliphatic carbocycles. The number of amides is 14. The van der Waals surface area contributed by atoms with Gasteiger partial charge in [-0.2, -0.15) is 0 Å². The van der Waals surface area contributed by atoms with Crippen LogP contribution in [0.25, 0.3) is 11.1 Å². The highest BCUT2D eigenvalue weighted by Crippen LogP contribution is 2.24. The van der Waals surface area contributed by atoms with E-state index in [1.54, 1.807) is 126 Å². The Kier molecular flexibility index (Phi) is 34.9. The first-order chi connectivity index (χ1) is 51.8. The Bertz CT molecular complexity index is 3630. The number of hydrogen-bond acceptors (Lipinski definition) is 22. The van der Waals surface area contributed by atoms with Gasteiger partial charge in [-0.3, -0.25) is 43.2 Å². The van der Waals surface area contributed by atoms with Crippen LogP contribution in [0.5, 0.6) is 0 Å². The molecular weight excluding hydrogens is 1460 g/mol. The van der Waals surface area contributed by atoms with Gasteiger partial charge in [-0.1, -0.05) is 36.4 Å². The first-order valence-corrected chi connectivity index (χ1v) is 37.2. The van der Waals surface area contributed by atoms with Gasteiger partial charge in [0.05, 0.1) is 17.8 Å². The highest BCUT2D eigenvalue weighted by atomic mass is 16.6. The molecule has 2 aromatic carbocycles. The fraction of sp³-hybridized carbons (Fsp3) is 0.640. The molecule has 2 aliphatic rings. The summed E-state index contributed by atoms with van der Waals surface area (Å²) in [7, 11) is 0. The molecule has 37 heteroatoms. The third-order valence-electron chi connectivity index (χ3n) is 16.5. The molecule has 14 amide bonds. The highest BCUT2D eigenvalue weighted by Gasteiger charge is 2.41. The summed E-state index contributed by atoms with van der Waals surface area (Å²) in [5.74, 6) is -11.2. The smallest absolute Gasteiger partial charge is 0.410 e. The maximum absolute atomic E-state index is 15.4. The van der Waals surface area contributed by atoms with E-state index in [-0.39, 0.29) is 57.3 Å². The van der Waals surface area contributed by atoms with E-state index < -0.39 is 223 Å². The second-order valence-corrected chi connectivity index (χ2v) is 32.4. The number of carbonyl (C=O) groups excluding carboxylic acids is 14. The molecule has 0 aromatic heterocycles. The van der Waals surface area contributed by atoms with Crippen LogP contribution in [-0.2, 0) is 73.3 Å². The van der Waals surface area contributed by atoms with Crippen LogP contribution in [-0.4, -0.2) is 243 Å². The number of aromatic carboxylic acids is 1. The summed E-state index contributed by atoms with van der Waals surface area (Å²) in [4.78, 5) is 214. The largest absolute Gasteiger partial charge is 0.478 e. The molecule has 16 N–H and O–H groups in total. The number of carboxylic acid groups (broad SMARTS) is 1. The number of ether oxygens (including phenoxy) is 5. The van der Waals surface area contributed by atoms with Gasteiger partial charge in [0.2, 0.25) is 53.2 Å². The quantitative estimate of drug-likeness (QED) is 0.0629. The van der Waals surface area contributed by atoms with Gasteiger partial charge in [-0.25, -0.2) is 28.8 Å². The fourth-order valence-electron chi connectivity index (χ4n) is 11.1. The molecule has 2 heterocycles. The van der Waals surface area contributed by atoms with E-state index in [0.717, 1.165) is 13.8 Å². The monoisotopic (exact) mass is 1580 g/mol. The van der Waals surface area contributed by atoms with E-state index in [1.165, 1.54) is 37.8 Å². The number of benzene rings is 2. The van der Waals surface area contributed by atoms with Crippen molar-refractivity contribution in [3.63, 3.8) is 0 Å². The number of aliphatic hydroxyl groups excluding tert-OH is 2. The van der Waals surface area contributed by atoms with Gasteiger partial charge in [0.15, 0.2) is 0 Å². The number of nitrogens with one attached hydrogen (secondary N) is 13. The molecule has 2 aromatic rings. The van der Waals surface area contributed by atoms with Crippen LogP contribution in [0.4, 0.5) is 24.0 Å². The van der Waals surface area contributed by atoms with Crippen molar-refractivity contribution in [1.82, 2.24) is 74.0 Å². The van der Waals surface area contributed by atoms with Crippen molar-refractivity contribution in [3.05, 3.63) is 59.7 Å². The van der Waals surface area contributed by atoms with Gasteiger partial charge in [0.25, 0.3) is 0 Å². The van der Waals surface area contributed by atoms with Crippen LogP contribution < -0.4 is 69.1 Å². The van der Waals surface area contributed by atoms with Crippen LogP contribution in [0, 0.1) is 0 Å². The lowest BCUT2D eigenvalue weighted by Crippen LogP contribution is -2.61. The predicted octanol–water partition coefficient (Wildman–Crippen LogP) is 2.20. The van der Waals surface area contributed by atoms with Crippen molar-refractivity contribution in [2.75, 3.05) is 32.7 Å². The molecule has 624 valence electrons. The number of hydrogen-bond donors (Lipinski definition) is 16. The second kappa shape index (κ2) is 41.6. The van der Waals surface area contributed by atoms with Crippen molar-refractivity contribution in [1.29, 1.82) is 0 Å². The van der Waals surface area contributed by atoms with Crippen molar-refractivity contribution in [2.45, 2.75) is 277 Å². The molecule has 2 bridgehead atoms. The summed E-state index contributed by atoms with van der Waals surface area (Å²) in [5, 5.41) is 64.5. The van der Waals surface area contributed by atoms with E-state index in [4.69, 9.17) is 23.7 Å². The van der Waals surface area contributed by atoms with Crippen molar-refractivity contribution < 1.29 is 111 Å². The van der Waals surface area contributed by atoms with Gasteiger partial charge >= 0.3 is 36.4 Å². The first-order valence-electron chi connectivity index (χ1n) is 37.2. The lowest BCUT2D eigenvalue weighted by atomic mass is 9.98. The molecule has 112 heavy (non-hydrogen) atoms. The number of rotatable bonds is 21.